The zero-order valence-electron chi connectivity index (χ0n) is 23.3. The first kappa shape index (κ1) is 33.3. The molecule has 33 heavy (non-hydrogen) atoms. The summed E-state index contributed by atoms with van der Waals surface area (Å²) in [7, 11) is -11.7. The summed E-state index contributed by atoms with van der Waals surface area (Å²) >= 11 is 0. The maximum Gasteiger partial charge on any atom is 0.647 e. The van der Waals surface area contributed by atoms with Gasteiger partial charge in [-0.15, -0.1) is 0 Å². The van der Waals surface area contributed by atoms with Crippen molar-refractivity contribution in [3.63, 3.8) is 0 Å². The highest BCUT2D eigenvalue weighted by molar-refractivity contribution is 6.87. The van der Waals surface area contributed by atoms with Crippen LogP contribution in [0, 0.1) is 0 Å². The Kier molecular flexibility index (Phi) is 13.7. The highest BCUT2D eigenvalue weighted by Crippen LogP contribution is 2.27. The molecule has 0 amide bonds. The summed E-state index contributed by atoms with van der Waals surface area (Å²) in [6, 6.07) is 1.84. The Balaban J connectivity index is 4.92. The molecule has 0 saturated carbocycles. The fourth-order valence-electron chi connectivity index (χ4n) is 2.61. The minimum Gasteiger partial charge on any atom is -0.462 e. The zero-order valence-corrected chi connectivity index (χ0v) is 29.7. The molecule has 0 aromatic rings. The van der Waals surface area contributed by atoms with Crippen molar-refractivity contribution >= 4 is 58.0 Å². The summed E-state index contributed by atoms with van der Waals surface area (Å²) in [5.74, 6) is -0.321. The Morgan fingerprint density at radius 3 is 1.64 bits per heavy atom. The van der Waals surface area contributed by atoms with Crippen LogP contribution in [0.4, 0.5) is 0 Å². The lowest BCUT2D eigenvalue weighted by Gasteiger charge is -2.41. The minimum atomic E-state index is -3.26. The molecule has 0 aromatic carbocycles. The first-order chi connectivity index (χ1) is 14.7. The maximum atomic E-state index is 11.4. The minimum absolute atomic E-state index is 0.321. The molecule has 0 N–H and O–H groups in total. The predicted molar refractivity (Wildman–Crippen MR) is 152 cm³/mol. The number of carbonyl (C=O) groups excluding carboxylic acids is 1. The van der Waals surface area contributed by atoms with E-state index in [0.717, 1.165) is 18.5 Å². The molecular formula is C20H50O7Si6. The van der Waals surface area contributed by atoms with Crippen molar-refractivity contribution in [1.82, 2.24) is 0 Å². The average molecular weight is 571 g/mol. The number of rotatable bonds is 17. The topological polar surface area (TPSA) is 72.5 Å². The molecule has 0 bridgehead atoms. The first-order valence-electron chi connectivity index (χ1n) is 11.9. The first-order valence-corrected chi connectivity index (χ1v) is 28.4. The van der Waals surface area contributed by atoms with E-state index < -0.39 is 52.1 Å². The van der Waals surface area contributed by atoms with Crippen LogP contribution in [0.2, 0.25) is 84.1 Å². The van der Waals surface area contributed by atoms with E-state index in [1.54, 1.807) is 6.92 Å². The fourth-order valence-corrected chi connectivity index (χ4v) is 18.9. The molecule has 13 heteroatoms. The molecule has 0 rings (SSSR count). The number of carbonyl (C=O) groups is 1. The van der Waals surface area contributed by atoms with Gasteiger partial charge in [-0.2, -0.15) is 0 Å². The molecule has 0 saturated heterocycles. The molecule has 0 aliphatic rings. The van der Waals surface area contributed by atoms with Crippen molar-refractivity contribution in [2.75, 3.05) is 13.2 Å². The third kappa shape index (κ3) is 18.3. The molecule has 0 heterocycles. The molecule has 0 aliphatic heterocycles. The van der Waals surface area contributed by atoms with E-state index in [1.165, 1.54) is 0 Å². The van der Waals surface area contributed by atoms with Crippen LogP contribution in [0.5, 0.6) is 0 Å². The van der Waals surface area contributed by atoms with Crippen LogP contribution >= 0.6 is 0 Å². The van der Waals surface area contributed by atoms with Crippen molar-refractivity contribution in [2.24, 2.45) is 0 Å². The van der Waals surface area contributed by atoms with Gasteiger partial charge in [0, 0.05) is 12.2 Å². The average Bonchev–Trinajstić information content (AvgIpc) is 2.52. The summed E-state index contributed by atoms with van der Waals surface area (Å²) in [5, 5.41) is 0. The van der Waals surface area contributed by atoms with Gasteiger partial charge in [0.15, 0.2) is 33.3 Å². The van der Waals surface area contributed by atoms with E-state index in [4.69, 9.17) is 25.6 Å². The molecule has 0 radical (unpaired) electrons. The van der Waals surface area contributed by atoms with Crippen LogP contribution in [-0.4, -0.2) is 71.3 Å². The third-order valence-electron chi connectivity index (χ3n) is 3.89. The summed E-state index contributed by atoms with van der Waals surface area (Å²) in [6.45, 7) is 30.0. The summed E-state index contributed by atoms with van der Waals surface area (Å²) in [4.78, 5) is 11.4. The summed E-state index contributed by atoms with van der Waals surface area (Å²) in [6.07, 6.45) is 0.834. The maximum absolute atomic E-state index is 11.4. The van der Waals surface area contributed by atoms with E-state index in [1.807, 2.05) is 0 Å². The second-order valence-electron chi connectivity index (χ2n) is 12.0. The lowest BCUT2D eigenvalue weighted by Crippen LogP contribution is -2.62. The quantitative estimate of drug-likeness (QED) is 0.103. The highest BCUT2D eigenvalue weighted by Gasteiger charge is 2.53. The molecule has 0 aromatic heterocycles. The van der Waals surface area contributed by atoms with E-state index in [9.17, 15) is 4.79 Å². The van der Waals surface area contributed by atoms with Gasteiger partial charge in [0.25, 0.3) is 0 Å². The van der Waals surface area contributed by atoms with Gasteiger partial charge in [-0.3, -0.25) is 0 Å². The van der Waals surface area contributed by atoms with Crippen LogP contribution in [0.3, 0.4) is 0 Å². The van der Waals surface area contributed by atoms with Gasteiger partial charge < -0.3 is 25.6 Å². The van der Waals surface area contributed by atoms with Gasteiger partial charge in [-0.1, -0.05) is 6.58 Å². The summed E-state index contributed by atoms with van der Waals surface area (Å²) < 4.78 is 37.7. The van der Waals surface area contributed by atoms with E-state index in [0.29, 0.717) is 18.8 Å². The van der Waals surface area contributed by atoms with Gasteiger partial charge in [0.1, 0.15) is 9.76 Å². The fraction of sp³-hybridized carbons (Fsp3) is 0.850. The number of esters is 1. The van der Waals surface area contributed by atoms with Crippen molar-refractivity contribution in [3.8, 4) is 0 Å². The Bertz CT molecular complexity index is 583. The van der Waals surface area contributed by atoms with E-state index in [-0.39, 0.29) is 5.97 Å². The Morgan fingerprint density at radius 1 is 0.788 bits per heavy atom. The van der Waals surface area contributed by atoms with E-state index >= 15 is 0 Å². The second kappa shape index (κ2) is 13.6. The molecule has 196 valence electrons. The highest BCUT2D eigenvalue weighted by atomic mass is 28.5. The van der Waals surface area contributed by atoms with Crippen molar-refractivity contribution < 1.29 is 30.4 Å². The van der Waals surface area contributed by atoms with Gasteiger partial charge in [0.05, 0.1) is 6.61 Å². The molecule has 0 fully saturated rings. The second-order valence-corrected chi connectivity index (χ2v) is 34.7. The lowest BCUT2D eigenvalue weighted by atomic mass is 10.4. The van der Waals surface area contributed by atoms with Crippen molar-refractivity contribution in [2.45, 2.75) is 97.4 Å². The number of hydrogen-bond acceptors (Lipinski definition) is 7. The molecule has 0 atom stereocenters. The smallest absolute Gasteiger partial charge is 0.462 e. The lowest BCUT2D eigenvalue weighted by molar-refractivity contribution is -0.138. The van der Waals surface area contributed by atoms with E-state index in [2.05, 4.69) is 78.6 Å². The SMILES string of the molecule is C=C(C)C(=O)OCCC[SiH2]O[Si](C)(C)CCO[Si](O[Si](C)(C)C)(O[Si](C)(C)C)O[Si](C)(C)C. The molecule has 0 spiro atoms. The molecular weight excluding hydrogens is 521 g/mol. The zero-order chi connectivity index (χ0) is 26.1. The molecule has 7 nitrogen and oxygen atoms in total. The standard InChI is InChI=1S/C20H50O7Si6/c1-19(2)20(21)22-15-14-17-28-24-32(12,13)18-16-23-33(25-29(3,4)5,26-30(6,7)8)27-31(9,10)11/h1,14-18,28H2,2-13H3. The van der Waals surface area contributed by atoms with Crippen LogP contribution in [0.25, 0.3) is 0 Å². The van der Waals surface area contributed by atoms with Gasteiger partial charge in [-0.25, -0.2) is 4.79 Å². The monoisotopic (exact) mass is 570 g/mol. The Labute approximate surface area is 210 Å². The van der Waals surface area contributed by atoms with Crippen LogP contribution in [0.15, 0.2) is 12.2 Å². The predicted octanol–water partition coefficient (Wildman–Crippen LogP) is 5.23. The van der Waals surface area contributed by atoms with Crippen LogP contribution in [-0.2, 0) is 30.4 Å². The largest absolute Gasteiger partial charge is 0.647 e. The van der Waals surface area contributed by atoms with Crippen LogP contribution in [0.1, 0.15) is 13.3 Å². The van der Waals surface area contributed by atoms with Gasteiger partial charge in [-0.05, 0) is 97.4 Å². The molecule has 0 aliphatic carbocycles. The normalized spacial score (nSPS) is 14.2. The van der Waals surface area contributed by atoms with Gasteiger partial charge >= 0.3 is 15.0 Å². The van der Waals surface area contributed by atoms with Crippen LogP contribution < -0.4 is 0 Å². The molecule has 0 unspecified atom stereocenters. The van der Waals surface area contributed by atoms with Crippen molar-refractivity contribution in [1.29, 1.82) is 0 Å². The number of hydrogen-bond donors (Lipinski definition) is 0. The van der Waals surface area contributed by atoms with Crippen molar-refractivity contribution in [3.05, 3.63) is 12.2 Å². The number of ether oxygens (including phenoxy) is 1. The third-order valence-corrected chi connectivity index (χ3v) is 20.9. The summed E-state index contributed by atoms with van der Waals surface area (Å²) in [5.41, 5.74) is 0.436. The Morgan fingerprint density at radius 2 is 1.24 bits per heavy atom. The van der Waals surface area contributed by atoms with Gasteiger partial charge in [0.2, 0.25) is 0 Å². The Hall–Kier alpha value is 0.311.